The highest BCUT2D eigenvalue weighted by atomic mass is 16.5. The first-order valence-electron chi connectivity index (χ1n) is 8.22. The lowest BCUT2D eigenvalue weighted by molar-refractivity contribution is 0.0748. The molecule has 1 fully saturated rings. The number of nitrogens with zero attached hydrogens (tertiary/aromatic N) is 4. The minimum Gasteiger partial charge on any atom is -0.497 e. The second-order valence-corrected chi connectivity index (χ2v) is 5.94. The van der Waals surface area contributed by atoms with Crippen molar-refractivity contribution in [2.45, 2.75) is 0 Å². The molecule has 0 bridgehead atoms. The number of ether oxygens (including phenoxy) is 1. The van der Waals surface area contributed by atoms with Crippen LogP contribution < -0.4 is 9.64 Å². The predicted molar refractivity (Wildman–Crippen MR) is 95.0 cm³/mol. The molecule has 0 unspecified atom stereocenters. The average Bonchev–Trinajstić information content (AvgIpc) is 3.11. The van der Waals surface area contributed by atoms with E-state index in [4.69, 9.17) is 4.74 Å². The molecule has 0 spiro atoms. The van der Waals surface area contributed by atoms with Crippen LogP contribution in [-0.4, -0.2) is 59.0 Å². The number of aromatic amines is 1. The Hall–Kier alpha value is -3.09. The van der Waals surface area contributed by atoms with Crippen molar-refractivity contribution < 1.29 is 9.53 Å². The molecular weight excluding hydrogens is 318 g/mol. The zero-order chi connectivity index (χ0) is 17.2. The molecule has 0 atom stereocenters. The van der Waals surface area contributed by atoms with E-state index in [-0.39, 0.29) is 5.91 Å². The summed E-state index contributed by atoms with van der Waals surface area (Å²) < 4.78 is 5.28. The molecule has 1 N–H and O–H groups in total. The van der Waals surface area contributed by atoms with E-state index in [9.17, 15) is 4.79 Å². The Labute approximate surface area is 145 Å². The number of piperazine rings is 1. The molecule has 2 aromatic heterocycles. The third-order valence-corrected chi connectivity index (χ3v) is 4.52. The second-order valence-electron chi connectivity index (χ2n) is 5.94. The first kappa shape index (κ1) is 15.4. The number of carbonyl (C=O) groups is 1. The van der Waals surface area contributed by atoms with Crippen molar-refractivity contribution in [3.63, 3.8) is 0 Å². The van der Waals surface area contributed by atoms with Crippen molar-refractivity contribution >= 4 is 22.8 Å². The Morgan fingerprint density at radius 1 is 1.16 bits per heavy atom. The third-order valence-electron chi connectivity index (χ3n) is 4.52. The van der Waals surface area contributed by atoms with E-state index in [1.54, 1.807) is 31.8 Å². The zero-order valence-electron chi connectivity index (χ0n) is 14.0. The van der Waals surface area contributed by atoms with E-state index in [0.29, 0.717) is 24.6 Å². The Bertz CT molecular complexity index is 885. The van der Waals surface area contributed by atoms with Crippen LogP contribution in [0.25, 0.3) is 10.9 Å². The summed E-state index contributed by atoms with van der Waals surface area (Å²) in [7, 11) is 1.63. The van der Waals surface area contributed by atoms with Crippen LogP contribution >= 0.6 is 0 Å². The summed E-state index contributed by atoms with van der Waals surface area (Å²) in [6, 6.07) is 7.50. The number of rotatable bonds is 3. The van der Waals surface area contributed by atoms with Crippen LogP contribution in [0.1, 0.15) is 10.4 Å². The highest BCUT2D eigenvalue weighted by molar-refractivity contribution is 6.07. The Balaban J connectivity index is 1.51. The van der Waals surface area contributed by atoms with Gasteiger partial charge in [0.05, 0.1) is 12.7 Å². The number of aromatic nitrogens is 3. The molecule has 4 rings (SSSR count). The van der Waals surface area contributed by atoms with Gasteiger partial charge in [-0.3, -0.25) is 4.79 Å². The molecule has 0 saturated carbocycles. The van der Waals surface area contributed by atoms with E-state index in [1.165, 1.54) is 0 Å². The van der Waals surface area contributed by atoms with Crippen molar-refractivity contribution in [1.82, 2.24) is 19.9 Å². The first-order valence-corrected chi connectivity index (χ1v) is 8.22. The summed E-state index contributed by atoms with van der Waals surface area (Å²) in [5.74, 6) is 1.49. The van der Waals surface area contributed by atoms with Gasteiger partial charge in [0.1, 0.15) is 5.75 Å². The van der Waals surface area contributed by atoms with Crippen molar-refractivity contribution in [2.24, 2.45) is 0 Å². The number of amides is 1. The number of carbonyl (C=O) groups excluding carboxylic acids is 1. The topological polar surface area (TPSA) is 74.4 Å². The van der Waals surface area contributed by atoms with Gasteiger partial charge in [0.25, 0.3) is 5.91 Å². The normalized spacial score (nSPS) is 14.8. The maximum Gasteiger partial charge on any atom is 0.256 e. The number of benzene rings is 1. The van der Waals surface area contributed by atoms with Gasteiger partial charge in [-0.25, -0.2) is 9.97 Å². The summed E-state index contributed by atoms with van der Waals surface area (Å²) in [5, 5.41) is 0.887. The lowest BCUT2D eigenvalue weighted by Crippen LogP contribution is -2.49. The van der Waals surface area contributed by atoms with Gasteiger partial charge >= 0.3 is 0 Å². The van der Waals surface area contributed by atoms with Crippen LogP contribution in [0, 0.1) is 0 Å². The fourth-order valence-electron chi connectivity index (χ4n) is 3.14. The van der Waals surface area contributed by atoms with Crippen molar-refractivity contribution in [1.29, 1.82) is 0 Å². The summed E-state index contributed by atoms with van der Waals surface area (Å²) in [4.78, 5) is 28.6. The third kappa shape index (κ3) is 2.88. The Morgan fingerprint density at radius 2 is 1.92 bits per heavy atom. The van der Waals surface area contributed by atoms with Crippen molar-refractivity contribution in [3.8, 4) is 5.75 Å². The van der Waals surface area contributed by atoms with Gasteiger partial charge in [-0.15, -0.1) is 0 Å². The standard InChI is InChI=1S/C18H19N5O2/c1-25-13-3-4-16-14(11-13)15(12-21-16)17(24)22-7-9-23(10-8-22)18-19-5-2-6-20-18/h2-6,11-12,21H,7-10H2,1H3. The number of H-pyrrole nitrogens is 1. The molecule has 1 aliphatic rings. The van der Waals surface area contributed by atoms with Crippen LogP contribution in [0.4, 0.5) is 5.95 Å². The van der Waals surface area contributed by atoms with Gasteiger partial charge in [0.2, 0.25) is 5.95 Å². The largest absolute Gasteiger partial charge is 0.497 e. The maximum atomic E-state index is 12.9. The molecule has 1 saturated heterocycles. The lowest BCUT2D eigenvalue weighted by atomic mass is 10.1. The zero-order valence-corrected chi connectivity index (χ0v) is 14.0. The number of nitrogens with one attached hydrogen (secondary N) is 1. The molecule has 7 heteroatoms. The quantitative estimate of drug-likeness (QED) is 0.790. The van der Waals surface area contributed by atoms with Gasteiger partial charge in [-0.05, 0) is 24.3 Å². The number of methoxy groups -OCH3 is 1. The minimum atomic E-state index is 0.0353. The van der Waals surface area contributed by atoms with Crippen LogP contribution in [0.2, 0.25) is 0 Å². The average molecular weight is 337 g/mol. The van der Waals surface area contributed by atoms with E-state index < -0.39 is 0 Å². The molecule has 3 heterocycles. The van der Waals surface area contributed by atoms with Crippen LogP contribution in [0.15, 0.2) is 42.9 Å². The Morgan fingerprint density at radius 3 is 2.64 bits per heavy atom. The summed E-state index contributed by atoms with van der Waals surface area (Å²) in [5.41, 5.74) is 1.61. The van der Waals surface area contributed by atoms with E-state index in [1.807, 2.05) is 23.1 Å². The van der Waals surface area contributed by atoms with E-state index in [0.717, 1.165) is 29.7 Å². The van der Waals surface area contributed by atoms with Crippen LogP contribution in [0.5, 0.6) is 5.75 Å². The molecule has 1 aliphatic heterocycles. The molecular formula is C18H19N5O2. The van der Waals surface area contributed by atoms with Gasteiger partial charge in [-0.1, -0.05) is 0 Å². The minimum absolute atomic E-state index is 0.0353. The van der Waals surface area contributed by atoms with Gasteiger partial charge < -0.3 is 19.5 Å². The number of hydrogen-bond donors (Lipinski definition) is 1. The number of hydrogen-bond acceptors (Lipinski definition) is 5. The van der Waals surface area contributed by atoms with E-state index >= 15 is 0 Å². The molecule has 1 aromatic carbocycles. The van der Waals surface area contributed by atoms with Gasteiger partial charge in [-0.2, -0.15) is 0 Å². The van der Waals surface area contributed by atoms with Gasteiger partial charge in [0, 0.05) is 55.7 Å². The molecule has 25 heavy (non-hydrogen) atoms. The first-order chi connectivity index (χ1) is 12.3. The molecule has 0 radical (unpaired) electrons. The van der Waals surface area contributed by atoms with Crippen molar-refractivity contribution in [3.05, 3.63) is 48.4 Å². The van der Waals surface area contributed by atoms with Crippen LogP contribution in [0.3, 0.4) is 0 Å². The van der Waals surface area contributed by atoms with E-state index in [2.05, 4.69) is 19.9 Å². The second kappa shape index (κ2) is 6.43. The molecule has 0 aliphatic carbocycles. The highest BCUT2D eigenvalue weighted by Crippen LogP contribution is 2.25. The Kier molecular flexibility index (Phi) is 3.97. The van der Waals surface area contributed by atoms with Gasteiger partial charge in [0.15, 0.2) is 0 Å². The summed E-state index contributed by atoms with van der Waals surface area (Å²) in [6.45, 7) is 2.74. The monoisotopic (exact) mass is 337 g/mol. The molecule has 7 nitrogen and oxygen atoms in total. The summed E-state index contributed by atoms with van der Waals surface area (Å²) in [6.07, 6.45) is 5.25. The fourth-order valence-corrected chi connectivity index (χ4v) is 3.14. The SMILES string of the molecule is COc1ccc2[nH]cc(C(=O)N3CCN(c4ncccn4)CC3)c2c1. The molecule has 3 aromatic rings. The highest BCUT2D eigenvalue weighted by Gasteiger charge is 2.25. The molecule has 1 amide bonds. The molecule has 128 valence electrons. The smallest absolute Gasteiger partial charge is 0.256 e. The lowest BCUT2D eigenvalue weighted by Gasteiger charge is -2.34. The number of anilines is 1. The maximum absolute atomic E-state index is 12.9. The fraction of sp³-hybridized carbons (Fsp3) is 0.278. The number of fused-ring (bicyclic) bond motifs is 1. The predicted octanol–water partition coefficient (Wildman–Crippen LogP) is 1.93. The summed E-state index contributed by atoms with van der Waals surface area (Å²) >= 11 is 0. The van der Waals surface area contributed by atoms with Crippen molar-refractivity contribution in [2.75, 3.05) is 38.2 Å². The van der Waals surface area contributed by atoms with Crippen LogP contribution in [-0.2, 0) is 0 Å².